The summed E-state index contributed by atoms with van der Waals surface area (Å²) in [5.41, 5.74) is 14.7. The van der Waals surface area contributed by atoms with Crippen molar-refractivity contribution in [1.29, 1.82) is 0 Å². The van der Waals surface area contributed by atoms with E-state index in [1.807, 2.05) is 0 Å². The standard InChI is InChI=1S/C54H53NO/c1-52(2)26-27-53(3,4)48-33-42(22-24-46(48)52)55(41-20-18-38(19-21-41)45-15-9-8-14-44(45)37-12-6-5-7-13-37)43-23-25-51-49(34-43)54(47-16-10-11-17-50(47)56-51)39-29-35-28-36(31-39)32-40(54)30-35/h5-25,33-36,39-40H,26-32H2,1-4H3. The van der Waals surface area contributed by atoms with E-state index < -0.39 is 0 Å². The van der Waals surface area contributed by atoms with E-state index in [4.69, 9.17) is 4.74 Å². The maximum Gasteiger partial charge on any atom is 0.131 e. The third-order valence-corrected chi connectivity index (χ3v) is 15.2. The minimum absolute atomic E-state index is 0.00779. The van der Waals surface area contributed by atoms with Gasteiger partial charge in [-0.25, -0.2) is 0 Å². The molecule has 2 heteroatoms. The summed E-state index contributed by atoms with van der Waals surface area (Å²) < 4.78 is 6.87. The van der Waals surface area contributed by atoms with Crippen LogP contribution in [0, 0.1) is 23.7 Å². The highest BCUT2D eigenvalue weighted by Gasteiger charge is 2.61. The molecule has 6 aromatic carbocycles. The van der Waals surface area contributed by atoms with Crippen LogP contribution in [0.1, 0.15) is 94.9 Å². The molecule has 280 valence electrons. The number of hydrogen-bond donors (Lipinski definition) is 0. The molecule has 0 saturated heterocycles. The summed E-state index contributed by atoms with van der Waals surface area (Å²) in [4.78, 5) is 2.54. The lowest BCUT2D eigenvalue weighted by Crippen LogP contribution is -2.57. The Morgan fingerprint density at radius 3 is 1.64 bits per heavy atom. The molecular weight excluding hydrogens is 679 g/mol. The van der Waals surface area contributed by atoms with Crippen molar-refractivity contribution in [3.63, 3.8) is 0 Å². The Morgan fingerprint density at radius 1 is 0.446 bits per heavy atom. The van der Waals surface area contributed by atoms with Crippen molar-refractivity contribution in [2.75, 3.05) is 4.90 Å². The first-order valence-corrected chi connectivity index (χ1v) is 21.3. The molecule has 1 aliphatic heterocycles. The van der Waals surface area contributed by atoms with Gasteiger partial charge in [-0.2, -0.15) is 0 Å². The zero-order valence-electron chi connectivity index (χ0n) is 33.4. The molecule has 4 bridgehead atoms. The molecule has 0 amide bonds. The number of fused-ring (bicyclic) bond motifs is 3. The van der Waals surface area contributed by atoms with Crippen LogP contribution in [0.5, 0.6) is 11.5 Å². The van der Waals surface area contributed by atoms with Gasteiger partial charge in [-0.1, -0.05) is 119 Å². The second kappa shape index (κ2) is 12.5. The van der Waals surface area contributed by atoms with Gasteiger partial charge < -0.3 is 9.64 Å². The van der Waals surface area contributed by atoms with E-state index in [9.17, 15) is 0 Å². The molecule has 0 aromatic heterocycles. The van der Waals surface area contributed by atoms with Crippen LogP contribution in [0.4, 0.5) is 17.1 Å². The lowest BCUT2D eigenvalue weighted by molar-refractivity contribution is -0.0452. The van der Waals surface area contributed by atoms with Crippen molar-refractivity contribution in [2.45, 2.75) is 88.9 Å². The highest BCUT2D eigenvalue weighted by atomic mass is 16.5. The number of hydrogen-bond acceptors (Lipinski definition) is 2. The van der Waals surface area contributed by atoms with Gasteiger partial charge in [0.15, 0.2) is 0 Å². The summed E-state index contributed by atoms with van der Waals surface area (Å²) in [6.07, 6.45) is 9.22. The van der Waals surface area contributed by atoms with Gasteiger partial charge in [0.2, 0.25) is 0 Å². The monoisotopic (exact) mass is 731 g/mol. The fourth-order valence-electron chi connectivity index (χ4n) is 12.6. The fourth-order valence-corrected chi connectivity index (χ4v) is 12.6. The summed E-state index contributed by atoms with van der Waals surface area (Å²) in [7, 11) is 0. The summed E-state index contributed by atoms with van der Waals surface area (Å²) in [5, 5.41) is 0. The number of anilines is 3. The van der Waals surface area contributed by atoms with E-state index in [0.29, 0.717) is 11.8 Å². The van der Waals surface area contributed by atoms with Crippen molar-refractivity contribution in [3.8, 4) is 33.8 Å². The van der Waals surface area contributed by atoms with E-state index >= 15 is 0 Å². The Labute approximate surface area is 333 Å². The van der Waals surface area contributed by atoms with Crippen molar-refractivity contribution >= 4 is 17.1 Å². The summed E-state index contributed by atoms with van der Waals surface area (Å²) in [6, 6.07) is 52.5. The molecule has 12 rings (SSSR count). The average molecular weight is 732 g/mol. The molecule has 2 nitrogen and oxygen atoms in total. The first-order chi connectivity index (χ1) is 27.2. The van der Waals surface area contributed by atoms with E-state index in [1.165, 1.54) is 107 Å². The Morgan fingerprint density at radius 2 is 0.964 bits per heavy atom. The third kappa shape index (κ3) is 5.13. The van der Waals surface area contributed by atoms with E-state index in [2.05, 4.69) is 172 Å². The maximum absolute atomic E-state index is 6.87. The van der Waals surface area contributed by atoms with Gasteiger partial charge in [-0.15, -0.1) is 0 Å². The summed E-state index contributed by atoms with van der Waals surface area (Å²) >= 11 is 0. The molecule has 4 fully saturated rings. The molecule has 1 heterocycles. The van der Waals surface area contributed by atoms with Crippen LogP contribution in [-0.4, -0.2) is 0 Å². The van der Waals surface area contributed by atoms with Crippen molar-refractivity contribution in [1.82, 2.24) is 0 Å². The van der Waals surface area contributed by atoms with E-state index in [1.54, 1.807) is 0 Å². The lowest BCUT2D eigenvalue weighted by Gasteiger charge is -2.63. The SMILES string of the molecule is CC1(C)CCC(C)(C)c2cc(N(c3ccc(-c4ccccc4-c4ccccc4)cc3)c3ccc4c(c3)C3(c5ccccc5O4)C4CC5CC(C4)CC3C5)ccc21. The molecular formula is C54H53NO. The molecule has 0 atom stereocenters. The largest absolute Gasteiger partial charge is 0.457 e. The summed E-state index contributed by atoms with van der Waals surface area (Å²) in [6.45, 7) is 9.74. The predicted molar refractivity (Wildman–Crippen MR) is 232 cm³/mol. The van der Waals surface area contributed by atoms with E-state index in [-0.39, 0.29) is 16.2 Å². The number of rotatable bonds is 5. The summed E-state index contributed by atoms with van der Waals surface area (Å²) in [5.74, 6) is 5.21. The minimum Gasteiger partial charge on any atom is -0.457 e. The first-order valence-electron chi connectivity index (χ1n) is 21.3. The molecule has 0 unspecified atom stereocenters. The molecule has 6 aliphatic rings. The Kier molecular flexibility index (Phi) is 7.61. The average Bonchev–Trinajstić information content (AvgIpc) is 3.22. The van der Waals surface area contributed by atoms with Gasteiger partial charge >= 0.3 is 0 Å². The topological polar surface area (TPSA) is 12.5 Å². The highest BCUT2D eigenvalue weighted by molar-refractivity contribution is 5.86. The zero-order chi connectivity index (χ0) is 37.8. The van der Waals surface area contributed by atoms with Gasteiger partial charge in [0.25, 0.3) is 0 Å². The molecule has 0 N–H and O–H groups in total. The van der Waals surface area contributed by atoms with Crippen LogP contribution >= 0.6 is 0 Å². The molecule has 4 saturated carbocycles. The van der Waals surface area contributed by atoms with Crippen LogP contribution in [0.25, 0.3) is 22.3 Å². The van der Waals surface area contributed by atoms with Crippen LogP contribution < -0.4 is 9.64 Å². The second-order valence-electron chi connectivity index (χ2n) is 19.2. The van der Waals surface area contributed by atoms with Gasteiger partial charge in [0, 0.05) is 33.6 Å². The Hall–Kier alpha value is -5.08. The molecule has 56 heavy (non-hydrogen) atoms. The maximum atomic E-state index is 6.87. The van der Waals surface area contributed by atoms with Crippen molar-refractivity contribution in [3.05, 3.63) is 162 Å². The fraction of sp³-hybridized carbons (Fsp3) is 0.333. The lowest BCUT2D eigenvalue weighted by atomic mass is 9.42. The number of nitrogens with zero attached hydrogens (tertiary/aromatic N) is 1. The predicted octanol–water partition coefficient (Wildman–Crippen LogP) is 14.7. The van der Waals surface area contributed by atoms with Crippen LogP contribution in [-0.2, 0) is 16.2 Å². The Bertz CT molecular complexity index is 2440. The smallest absolute Gasteiger partial charge is 0.131 e. The minimum atomic E-state index is -0.00779. The molecule has 6 aromatic rings. The first kappa shape index (κ1) is 34.2. The Balaban J connectivity index is 1.09. The van der Waals surface area contributed by atoms with Crippen LogP contribution in [0.2, 0.25) is 0 Å². The van der Waals surface area contributed by atoms with Crippen LogP contribution in [0.15, 0.2) is 140 Å². The van der Waals surface area contributed by atoms with Crippen molar-refractivity contribution < 1.29 is 4.74 Å². The third-order valence-electron chi connectivity index (χ3n) is 15.2. The highest BCUT2D eigenvalue weighted by Crippen LogP contribution is 2.69. The molecule has 1 spiro atoms. The molecule has 5 aliphatic carbocycles. The zero-order valence-corrected chi connectivity index (χ0v) is 33.4. The number of para-hydroxylation sites is 1. The van der Waals surface area contributed by atoms with Gasteiger partial charge in [-0.05, 0) is 161 Å². The number of ether oxygens (including phenoxy) is 1. The van der Waals surface area contributed by atoms with Crippen molar-refractivity contribution in [2.24, 2.45) is 23.7 Å². The van der Waals surface area contributed by atoms with Gasteiger partial charge in [-0.3, -0.25) is 0 Å². The number of benzene rings is 6. The quantitative estimate of drug-likeness (QED) is 0.175. The van der Waals surface area contributed by atoms with Gasteiger partial charge in [0.05, 0.1) is 0 Å². The second-order valence-corrected chi connectivity index (χ2v) is 19.2. The van der Waals surface area contributed by atoms with Gasteiger partial charge in [0.1, 0.15) is 11.5 Å². The normalized spacial score (nSPS) is 25.9. The van der Waals surface area contributed by atoms with E-state index in [0.717, 1.165) is 23.3 Å². The van der Waals surface area contributed by atoms with Crippen LogP contribution in [0.3, 0.4) is 0 Å². The molecule has 0 radical (unpaired) electrons.